The second-order valence-corrected chi connectivity index (χ2v) is 5.05. The quantitative estimate of drug-likeness (QED) is 0.870. The van der Waals surface area contributed by atoms with E-state index >= 15 is 0 Å². The van der Waals surface area contributed by atoms with Crippen LogP contribution in [0.25, 0.3) is 0 Å². The molecule has 0 saturated carbocycles. The van der Waals surface area contributed by atoms with Crippen LogP contribution in [0.3, 0.4) is 0 Å². The monoisotopic (exact) mass is 269 g/mol. The van der Waals surface area contributed by atoms with Crippen molar-refractivity contribution in [3.05, 3.63) is 65.2 Å². The lowest BCUT2D eigenvalue weighted by molar-refractivity contribution is 0.405. The molecule has 2 rings (SSSR count). The molecule has 2 aromatic carbocycles. The summed E-state index contributed by atoms with van der Waals surface area (Å²) in [5.74, 6) is 1.21. The molecule has 0 aliphatic rings. The fourth-order valence-electron chi connectivity index (χ4n) is 2.52. The minimum atomic E-state index is 0.290. The van der Waals surface area contributed by atoms with E-state index in [4.69, 9.17) is 10.5 Å². The Bertz CT molecular complexity index is 533. The summed E-state index contributed by atoms with van der Waals surface area (Å²) < 4.78 is 5.45. The number of methoxy groups -OCH3 is 1. The van der Waals surface area contributed by atoms with Crippen molar-refractivity contribution in [2.45, 2.75) is 25.7 Å². The second kappa shape index (κ2) is 7.11. The van der Waals surface area contributed by atoms with Crippen LogP contribution in [-0.4, -0.2) is 13.7 Å². The Morgan fingerprint density at radius 2 is 1.65 bits per heavy atom. The zero-order valence-corrected chi connectivity index (χ0v) is 12.3. The average Bonchev–Trinajstić information content (AvgIpc) is 2.53. The van der Waals surface area contributed by atoms with Gasteiger partial charge in [0.1, 0.15) is 5.75 Å². The molecule has 2 nitrogen and oxygen atoms in total. The van der Waals surface area contributed by atoms with Crippen LogP contribution >= 0.6 is 0 Å². The number of benzene rings is 2. The largest absolute Gasteiger partial charge is 0.496 e. The molecule has 0 heterocycles. The molecule has 0 aliphatic heterocycles. The predicted molar refractivity (Wildman–Crippen MR) is 84.3 cm³/mol. The minimum absolute atomic E-state index is 0.290. The van der Waals surface area contributed by atoms with Crippen molar-refractivity contribution in [1.82, 2.24) is 0 Å². The summed E-state index contributed by atoms with van der Waals surface area (Å²) in [6.07, 6.45) is 2.02. The van der Waals surface area contributed by atoms with Crippen molar-refractivity contribution in [3.63, 3.8) is 0 Å². The molecule has 0 spiro atoms. The topological polar surface area (TPSA) is 35.2 Å². The molecule has 0 amide bonds. The normalized spacial score (nSPS) is 12.2. The zero-order chi connectivity index (χ0) is 14.4. The second-order valence-electron chi connectivity index (χ2n) is 5.05. The maximum atomic E-state index is 5.98. The van der Waals surface area contributed by atoms with Gasteiger partial charge < -0.3 is 10.5 Å². The molecular weight excluding hydrogens is 246 g/mol. The van der Waals surface area contributed by atoms with Crippen molar-refractivity contribution in [3.8, 4) is 5.75 Å². The zero-order valence-electron chi connectivity index (χ0n) is 12.3. The number of para-hydroxylation sites is 1. The van der Waals surface area contributed by atoms with Gasteiger partial charge in [0.05, 0.1) is 7.11 Å². The van der Waals surface area contributed by atoms with E-state index < -0.39 is 0 Å². The third kappa shape index (κ3) is 3.40. The van der Waals surface area contributed by atoms with Gasteiger partial charge in [-0.05, 0) is 42.1 Å². The molecule has 0 aliphatic carbocycles. The molecule has 2 heteroatoms. The van der Waals surface area contributed by atoms with Gasteiger partial charge in [0, 0.05) is 5.92 Å². The first kappa shape index (κ1) is 14.6. The number of nitrogens with two attached hydrogens (primary N) is 1. The lowest BCUT2D eigenvalue weighted by atomic mass is 9.91. The predicted octanol–water partition coefficient (Wildman–Crippen LogP) is 3.54. The third-order valence-electron chi connectivity index (χ3n) is 3.78. The van der Waals surface area contributed by atoms with Gasteiger partial charge in [0.2, 0.25) is 0 Å². The smallest absolute Gasteiger partial charge is 0.122 e. The summed E-state index contributed by atoms with van der Waals surface area (Å²) in [5.41, 5.74) is 9.86. The molecule has 20 heavy (non-hydrogen) atoms. The van der Waals surface area contributed by atoms with Gasteiger partial charge >= 0.3 is 0 Å². The van der Waals surface area contributed by atoms with E-state index in [0.29, 0.717) is 12.5 Å². The van der Waals surface area contributed by atoms with E-state index in [1.807, 2.05) is 18.2 Å². The van der Waals surface area contributed by atoms with E-state index in [0.717, 1.165) is 18.6 Å². The van der Waals surface area contributed by atoms with Crippen LogP contribution in [0.4, 0.5) is 0 Å². The van der Waals surface area contributed by atoms with Gasteiger partial charge in [0.15, 0.2) is 0 Å². The van der Waals surface area contributed by atoms with Gasteiger partial charge in [-0.25, -0.2) is 0 Å². The molecule has 2 aromatic rings. The highest BCUT2D eigenvalue weighted by atomic mass is 16.5. The highest BCUT2D eigenvalue weighted by Gasteiger charge is 2.14. The Hall–Kier alpha value is -1.80. The van der Waals surface area contributed by atoms with Gasteiger partial charge in [-0.1, -0.05) is 49.4 Å². The maximum absolute atomic E-state index is 5.98. The summed E-state index contributed by atoms with van der Waals surface area (Å²) >= 11 is 0. The summed E-state index contributed by atoms with van der Waals surface area (Å²) in [4.78, 5) is 0. The van der Waals surface area contributed by atoms with Crippen molar-refractivity contribution in [2.24, 2.45) is 5.73 Å². The van der Waals surface area contributed by atoms with Gasteiger partial charge in [-0.2, -0.15) is 0 Å². The van der Waals surface area contributed by atoms with Gasteiger partial charge in [-0.3, -0.25) is 0 Å². The van der Waals surface area contributed by atoms with E-state index in [-0.39, 0.29) is 0 Å². The van der Waals surface area contributed by atoms with Crippen molar-refractivity contribution in [2.75, 3.05) is 13.7 Å². The fourth-order valence-corrected chi connectivity index (χ4v) is 2.52. The van der Waals surface area contributed by atoms with E-state index in [1.165, 1.54) is 16.7 Å². The van der Waals surface area contributed by atoms with Crippen LogP contribution in [0, 0.1) is 0 Å². The van der Waals surface area contributed by atoms with Crippen molar-refractivity contribution >= 4 is 0 Å². The van der Waals surface area contributed by atoms with Crippen LogP contribution in [0.1, 0.15) is 29.5 Å². The molecular formula is C18H23NO. The number of rotatable bonds is 6. The lowest BCUT2D eigenvalue weighted by Gasteiger charge is -2.18. The molecule has 0 aromatic heterocycles. The molecule has 1 unspecified atom stereocenters. The lowest BCUT2D eigenvalue weighted by Crippen LogP contribution is -2.16. The van der Waals surface area contributed by atoms with E-state index in [2.05, 4.69) is 37.3 Å². The Labute approximate surface area is 121 Å². The summed E-state index contributed by atoms with van der Waals surface area (Å²) in [7, 11) is 1.71. The summed E-state index contributed by atoms with van der Waals surface area (Å²) in [5, 5.41) is 0. The van der Waals surface area contributed by atoms with Crippen LogP contribution < -0.4 is 10.5 Å². The number of ether oxygens (including phenoxy) is 1. The Kier molecular flexibility index (Phi) is 5.19. The number of hydrogen-bond acceptors (Lipinski definition) is 2. The van der Waals surface area contributed by atoms with E-state index in [1.54, 1.807) is 7.11 Å². The molecule has 0 fully saturated rings. The van der Waals surface area contributed by atoms with Crippen molar-refractivity contribution < 1.29 is 4.74 Å². The van der Waals surface area contributed by atoms with Crippen LogP contribution in [0.5, 0.6) is 5.75 Å². The van der Waals surface area contributed by atoms with Gasteiger partial charge in [0.25, 0.3) is 0 Å². The molecule has 1 atom stereocenters. The number of aryl methyl sites for hydroxylation is 1. The molecule has 0 radical (unpaired) electrons. The number of hydrogen-bond donors (Lipinski definition) is 1. The van der Waals surface area contributed by atoms with Crippen LogP contribution in [-0.2, 0) is 12.8 Å². The molecule has 0 bridgehead atoms. The average molecular weight is 269 g/mol. The van der Waals surface area contributed by atoms with Crippen molar-refractivity contribution in [1.29, 1.82) is 0 Å². The standard InChI is InChI=1S/C18H23NO/c1-3-14-8-10-15(11-9-14)12-16(13-19)17-6-4-5-7-18(17)20-2/h4-11,16H,3,12-13,19H2,1-2H3. The maximum Gasteiger partial charge on any atom is 0.122 e. The minimum Gasteiger partial charge on any atom is -0.496 e. The molecule has 0 saturated heterocycles. The first-order chi connectivity index (χ1) is 9.78. The summed E-state index contributed by atoms with van der Waals surface area (Å²) in [6, 6.07) is 17.0. The molecule has 2 N–H and O–H groups in total. The fraction of sp³-hybridized carbons (Fsp3) is 0.333. The Balaban J connectivity index is 2.19. The van der Waals surface area contributed by atoms with Gasteiger partial charge in [-0.15, -0.1) is 0 Å². The highest BCUT2D eigenvalue weighted by molar-refractivity contribution is 5.37. The SMILES string of the molecule is CCc1ccc(CC(CN)c2ccccc2OC)cc1. The first-order valence-electron chi connectivity index (χ1n) is 7.19. The summed E-state index contributed by atoms with van der Waals surface area (Å²) in [6.45, 7) is 2.79. The van der Waals surface area contributed by atoms with Crippen LogP contribution in [0.2, 0.25) is 0 Å². The Morgan fingerprint density at radius 1 is 1.00 bits per heavy atom. The van der Waals surface area contributed by atoms with Crippen LogP contribution in [0.15, 0.2) is 48.5 Å². The highest BCUT2D eigenvalue weighted by Crippen LogP contribution is 2.28. The first-order valence-corrected chi connectivity index (χ1v) is 7.19. The molecule has 106 valence electrons. The van der Waals surface area contributed by atoms with E-state index in [9.17, 15) is 0 Å². The third-order valence-corrected chi connectivity index (χ3v) is 3.78. The Morgan fingerprint density at radius 3 is 2.25 bits per heavy atom.